The lowest BCUT2D eigenvalue weighted by Crippen LogP contribution is -2.48. The van der Waals surface area contributed by atoms with E-state index in [2.05, 4.69) is 28.8 Å². The van der Waals surface area contributed by atoms with Gasteiger partial charge in [0.05, 0.1) is 12.6 Å². The molecule has 0 radical (unpaired) electrons. The third-order valence-corrected chi connectivity index (χ3v) is 3.54. The van der Waals surface area contributed by atoms with E-state index in [1.54, 1.807) is 11.9 Å². The normalized spacial score (nSPS) is 22.4. The van der Waals surface area contributed by atoms with Gasteiger partial charge in [0, 0.05) is 7.05 Å². The number of imidazole rings is 1. The summed E-state index contributed by atoms with van der Waals surface area (Å²) in [6, 6.07) is 0.221. The molecule has 0 unspecified atom stereocenters. The lowest BCUT2D eigenvalue weighted by Gasteiger charge is -2.30. The highest BCUT2D eigenvalue weighted by atomic mass is 16.2. The van der Waals surface area contributed by atoms with Gasteiger partial charge in [-0.2, -0.15) is 0 Å². The molecular weight excluding hydrogens is 230 g/mol. The first-order valence-electron chi connectivity index (χ1n) is 6.19. The molecule has 0 bridgehead atoms. The van der Waals surface area contributed by atoms with Crippen LogP contribution in [-0.2, 0) is 0 Å². The van der Waals surface area contributed by atoms with Crippen molar-refractivity contribution in [2.75, 3.05) is 18.5 Å². The zero-order valence-electron chi connectivity index (χ0n) is 11.1. The predicted molar refractivity (Wildman–Crippen MR) is 68.8 cm³/mol. The zero-order valence-corrected chi connectivity index (χ0v) is 11.1. The summed E-state index contributed by atoms with van der Waals surface area (Å²) >= 11 is 0. The van der Waals surface area contributed by atoms with Crippen LogP contribution in [0.5, 0.6) is 0 Å². The van der Waals surface area contributed by atoms with E-state index < -0.39 is 0 Å². The fourth-order valence-electron chi connectivity index (χ4n) is 2.42. The van der Waals surface area contributed by atoms with Gasteiger partial charge in [0.25, 0.3) is 5.91 Å². The second-order valence-corrected chi connectivity index (χ2v) is 5.24. The number of hydrogen-bond donors (Lipinski definition) is 1. The highest BCUT2D eigenvalue weighted by Crippen LogP contribution is 2.30. The molecule has 18 heavy (non-hydrogen) atoms. The monoisotopic (exact) mass is 247 g/mol. The number of amides is 1. The van der Waals surface area contributed by atoms with Crippen molar-refractivity contribution in [2.24, 2.45) is 10.9 Å². The number of nitrogens with one attached hydrogen (secondary N) is 1. The van der Waals surface area contributed by atoms with Crippen molar-refractivity contribution in [2.45, 2.75) is 26.8 Å². The van der Waals surface area contributed by atoms with Crippen LogP contribution in [0, 0.1) is 12.8 Å². The molecule has 2 aliphatic heterocycles. The fraction of sp³-hybridized carbons (Fsp3) is 0.583. The zero-order chi connectivity index (χ0) is 13.0. The first-order chi connectivity index (χ1) is 8.49. The molecule has 1 atom stereocenters. The molecule has 0 saturated heterocycles. The van der Waals surface area contributed by atoms with Gasteiger partial charge >= 0.3 is 0 Å². The molecule has 6 nitrogen and oxygen atoms in total. The standard InChI is InChI=1S/C12H17N5O/c1-6(2)8-5-17-10-9(13-7(3)14-10)11(18)16(4)12(17)15-8/h6,8H,5H2,1-4H3,(H,13,14)/t8-/m0/s1. The van der Waals surface area contributed by atoms with Crippen LogP contribution in [-0.4, -0.2) is 46.4 Å². The molecular formula is C12H17N5O. The Labute approximate surface area is 106 Å². The van der Waals surface area contributed by atoms with Crippen LogP contribution in [0.25, 0.3) is 0 Å². The van der Waals surface area contributed by atoms with Gasteiger partial charge in [-0.25, -0.2) is 9.98 Å². The molecule has 3 rings (SSSR count). The van der Waals surface area contributed by atoms with Gasteiger partial charge in [-0.3, -0.25) is 14.6 Å². The second kappa shape index (κ2) is 3.57. The first kappa shape index (κ1) is 11.3. The van der Waals surface area contributed by atoms with Gasteiger partial charge in [0.1, 0.15) is 11.5 Å². The number of aryl methyl sites for hydroxylation is 1. The molecule has 0 aromatic carbocycles. The van der Waals surface area contributed by atoms with Crippen LogP contribution in [0.15, 0.2) is 4.99 Å². The van der Waals surface area contributed by atoms with Crippen molar-refractivity contribution >= 4 is 17.7 Å². The Hall–Kier alpha value is -1.85. The van der Waals surface area contributed by atoms with Gasteiger partial charge in [-0.15, -0.1) is 0 Å². The number of nitrogens with zero attached hydrogens (tertiary/aromatic N) is 4. The Morgan fingerprint density at radius 3 is 2.83 bits per heavy atom. The predicted octanol–water partition coefficient (Wildman–Crippen LogP) is 1.00. The molecule has 1 N–H and O–H groups in total. The van der Waals surface area contributed by atoms with Crippen molar-refractivity contribution in [3.05, 3.63) is 11.5 Å². The van der Waals surface area contributed by atoms with E-state index >= 15 is 0 Å². The lowest BCUT2D eigenvalue weighted by molar-refractivity contribution is 0.0860. The number of anilines is 1. The average molecular weight is 247 g/mol. The topological polar surface area (TPSA) is 64.6 Å². The maximum absolute atomic E-state index is 12.2. The van der Waals surface area contributed by atoms with E-state index in [-0.39, 0.29) is 11.9 Å². The Kier molecular flexibility index (Phi) is 2.23. The van der Waals surface area contributed by atoms with E-state index in [1.165, 1.54) is 0 Å². The summed E-state index contributed by atoms with van der Waals surface area (Å²) in [6.07, 6.45) is 0. The Morgan fingerprint density at radius 2 is 2.17 bits per heavy atom. The molecule has 0 aliphatic carbocycles. The maximum Gasteiger partial charge on any atom is 0.280 e. The van der Waals surface area contributed by atoms with Crippen molar-refractivity contribution in [3.8, 4) is 0 Å². The number of hydrogen-bond acceptors (Lipinski definition) is 4. The lowest BCUT2D eigenvalue weighted by atomic mass is 10.1. The Bertz CT molecular complexity index is 545. The van der Waals surface area contributed by atoms with Gasteiger partial charge < -0.3 is 4.98 Å². The van der Waals surface area contributed by atoms with Gasteiger partial charge in [-0.1, -0.05) is 13.8 Å². The molecule has 0 saturated carbocycles. The van der Waals surface area contributed by atoms with Crippen LogP contribution < -0.4 is 4.90 Å². The van der Waals surface area contributed by atoms with E-state index in [4.69, 9.17) is 0 Å². The summed E-state index contributed by atoms with van der Waals surface area (Å²) < 4.78 is 0. The number of aromatic amines is 1. The van der Waals surface area contributed by atoms with Gasteiger partial charge in [-0.05, 0) is 12.8 Å². The van der Waals surface area contributed by atoms with Crippen molar-refractivity contribution in [1.29, 1.82) is 0 Å². The summed E-state index contributed by atoms with van der Waals surface area (Å²) in [5, 5.41) is 0. The average Bonchev–Trinajstić information content (AvgIpc) is 2.89. The number of guanidine groups is 1. The molecule has 0 spiro atoms. The highest BCUT2D eigenvalue weighted by Gasteiger charge is 2.41. The minimum atomic E-state index is -0.0648. The van der Waals surface area contributed by atoms with Gasteiger partial charge in [0.2, 0.25) is 5.96 Å². The van der Waals surface area contributed by atoms with E-state index in [0.717, 1.165) is 24.1 Å². The highest BCUT2D eigenvalue weighted by molar-refractivity contribution is 6.17. The minimum Gasteiger partial charge on any atom is -0.336 e. The molecule has 1 aromatic rings. The first-order valence-corrected chi connectivity index (χ1v) is 6.19. The molecule has 0 fully saturated rings. The quantitative estimate of drug-likeness (QED) is 0.805. The number of aliphatic imine (C=N–C) groups is 1. The number of aromatic nitrogens is 2. The van der Waals surface area contributed by atoms with Crippen molar-refractivity contribution < 1.29 is 4.79 Å². The number of fused-ring (bicyclic) bond motifs is 3. The summed E-state index contributed by atoms with van der Waals surface area (Å²) in [5.41, 5.74) is 0.568. The van der Waals surface area contributed by atoms with Crippen LogP contribution in [0.2, 0.25) is 0 Å². The molecule has 2 aliphatic rings. The maximum atomic E-state index is 12.2. The molecule has 3 heterocycles. The summed E-state index contributed by atoms with van der Waals surface area (Å²) in [7, 11) is 1.76. The van der Waals surface area contributed by atoms with E-state index in [0.29, 0.717) is 11.6 Å². The molecule has 96 valence electrons. The molecule has 6 heteroatoms. The minimum absolute atomic E-state index is 0.0648. The number of carbonyl (C=O) groups is 1. The van der Waals surface area contributed by atoms with Crippen LogP contribution in [0.1, 0.15) is 30.2 Å². The van der Waals surface area contributed by atoms with Crippen molar-refractivity contribution in [3.63, 3.8) is 0 Å². The van der Waals surface area contributed by atoms with Crippen LogP contribution in [0.4, 0.5) is 5.82 Å². The van der Waals surface area contributed by atoms with Gasteiger partial charge in [0.15, 0.2) is 5.82 Å². The number of H-pyrrole nitrogens is 1. The Morgan fingerprint density at radius 1 is 1.44 bits per heavy atom. The van der Waals surface area contributed by atoms with Crippen LogP contribution >= 0.6 is 0 Å². The fourth-order valence-corrected chi connectivity index (χ4v) is 2.42. The number of rotatable bonds is 1. The van der Waals surface area contributed by atoms with E-state index in [1.807, 2.05) is 11.8 Å². The smallest absolute Gasteiger partial charge is 0.280 e. The largest absolute Gasteiger partial charge is 0.336 e. The third-order valence-electron chi connectivity index (χ3n) is 3.54. The van der Waals surface area contributed by atoms with Crippen LogP contribution in [0.3, 0.4) is 0 Å². The summed E-state index contributed by atoms with van der Waals surface area (Å²) in [4.78, 5) is 27.9. The third kappa shape index (κ3) is 1.38. The second-order valence-electron chi connectivity index (χ2n) is 5.24. The molecule has 1 amide bonds. The molecule has 1 aromatic heterocycles. The summed E-state index contributed by atoms with van der Waals surface area (Å²) in [6.45, 7) is 6.94. The summed E-state index contributed by atoms with van der Waals surface area (Å²) in [5.74, 6) is 2.59. The Balaban J connectivity index is 2.09. The van der Waals surface area contributed by atoms with Crippen molar-refractivity contribution in [1.82, 2.24) is 14.9 Å². The SMILES string of the molecule is Cc1nc2c([nH]1)C(=O)N(C)C1=N[C@H](C(C)C)CN12. The number of carbonyl (C=O) groups excluding carboxylic acids is 1. The van der Waals surface area contributed by atoms with E-state index in [9.17, 15) is 4.79 Å².